The summed E-state index contributed by atoms with van der Waals surface area (Å²) in [5.41, 5.74) is 1.03. The van der Waals surface area contributed by atoms with Crippen LogP contribution in [0.5, 0.6) is 0 Å². The molecule has 0 saturated carbocycles. The first-order valence-electron chi connectivity index (χ1n) is 6.44. The van der Waals surface area contributed by atoms with Crippen molar-refractivity contribution in [3.63, 3.8) is 0 Å². The second-order valence-corrected chi connectivity index (χ2v) is 4.51. The van der Waals surface area contributed by atoms with Gasteiger partial charge in [-0.1, -0.05) is 30.3 Å². The van der Waals surface area contributed by atoms with Crippen LogP contribution in [0.1, 0.15) is 18.4 Å². The van der Waals surface area contributed by atoms with Crippen LogP contribution in [-0.4, -0.2) is 5.91 Å². The first-order chi connectivity index (χ1) is 9.65. The van der Waals surface area contributed by atoms with E-state index in [9.17, 15) is 13.6 Å². The second-order valence-electron chi connectivity index (χ2n) is 4.51. The van der Waals surface area contributed by atoms with Crippen molar-refractivity contribution in [3.05, 3.63) is 65.7 Å². The molecule has 0 aliphatic carbocycles. The molecule has 0 bridgehead atoms. The highest BCUT2D eigenvalue weighted by molar-refractivity contribution is 5.90. The van der Waals surface area contributed by atoms with Gasteiger partial charge in [-0.3, -0.25) is 4.79 Å². The topological polar surface area (TPSA) is 29.1 Å². The minimum atomic E-state index is -0.636. The molecule has 0 aromatic heterocycles. The predicted octanol–water partition coefficient (Wildman–Crippen LogP) is 3.93. The first-order valence-corrected chi connectivity index (χ1v) is 6.44. The molecule has 0 fully saturated rings. The molecule has 0 heterocycles. The van der Waals surface area contributed by atoms with Gasteiger partial charge in [0, 0.05) is 12.5 Å². The maximum absolute atomic E-state index is 13.3. The van der Waals surface area contributed by atoms with Crippen molar-refractivity contribution in [1.82, 2.24) is 0 Å². The maximum atomic E-state index is 13.3. The Hall–Kier alpha value is -2.23. The summed E-state index contributed by atoms with van der Waals surface area (Å²) in [4.78, 5) is 11.7. The third-order valence-corrected chi connectivity index (χ3v) is 2.91. The van der Waals surface area contributed by atoms with E-state index in [4.69, 9.17) is 0 Å². The average Bonchev–Trinajstić information content (AvgIpc) is 2.44. The predicted molar refractivity (Wildman–Crippen MR) is 74.4 cm³/mol. The van der Waals surface area contributed by atoms with E-state index in [1.54, 1.807) is 0 Å². The number of aryl methyl sites for hydroxylation is 1. The van der Waals surface area contributed by atoms with E-state index in [0.717, 1.165) is 30.2 Å². The number of halogens is 2. The van der Waals surface area contributed by atoms with Gasteiger partial charge >= 0.3 is 0 Å². The van der Waals surface area contributed by atoms with Gasteiger partial charge in [-0.05, 0) is 30.5 Å². The van der Waals surface area contributed by atoms with Gasteiger partial charge in [0.25, 0.3) is 0 Å². The number of rotatable bonds is 5. The molecule has 0 spiro atoms. The van der Waals surface area contributed by atoms with Crippen LogP contribution in [0, 0.1) is 11.6 Å². The zero-order chi connectivity index (χ0) is 14.4. The Morgan fingerprint density at radius 1 is 1.05 bits per heavy atom. The van der Waals surface area contributed by atoms with Gasteiger partial charge < -0.3 is 5.32 Å². The lowest BCUT2D eigenvalue weighted by molar-refractivity contribution is -0.116. The highest BCUT2D eigenvalue weighted by atomic mass is 19.1. The molecule has 4 heteroatoms. The van der Waals surface area contributed by atoms with Crippen molar-refractivity contribution < 1.29 is 13.6 Å². The molecule has 0 unspecified atom stereocenters. The third kappa shape index (κ3) is 4.16. The van der Waals surface area contributed by atoms with E-state index in [-0.39, 0.29) is 18.0 Å². The van der Waals surface area contributed by atoms with Gasteiger partial charge in [0.05, 0.1) is 5.69 Å². The van der Waals surface area contributed by atoms with Crippen molar-refractivity contribution in [2.45, 2.75) is 19.3 Å². The quantitative estimate of drug-likeness (QED) is 0.880. The fourth-order valence-corrected chi connectivity index (χ4v) is 1.90. The lowest BCUT2D eigenvalue weighted by Crippen LogP contribution is -2.12. The van der Waals surface area contributed by atoms with Crippen molar-refractivity contribution in [3.8, 4) is 0 Å². The highest BCUT2D eigenvalue weighted by Gasteiger charge is 2.08. The summed E-state index contributed by atoms with van der Waals surface area (Å²) in [5, 5.41) is 2.38. The molecule has 0 radical (unpaired) electrons. The molecule has 0 atom stereocenters. The number of hydrogen-bond donors (Lipinski definition) is 1. The Labute approximate surface area is 116 Å². The van der Waals surface area contributed by atoms with E-state index >= 15 is 0 Å². The van der Waals surface area contributed by atoms with Crippen LogP contribution in [0.2, 0.25) is 0 Å². The van der Waals surface area contributed by atoms with Crippen molar-refractivity contribution in [2.75, 3.05) is 5.32 Å². The molecule has 2 rings (SSSR count). The van der Waals surface area contributed by atoms with Gasteiger partial charge in [-0.15, -0.1) is 0 Å². The molecule has 104 valence electrons. The number of carbonyl (C=O) groups excluding carboxylic acids is 1. The number of carbonyl (C=O) groups is 1. The summed E-state index contributed by atoms with van der Waals surface area (Å²) in [7, 11) is 0. The van der Waals surface area contributed by atoms with Crippen LogP contribution in [0.3, 0.4) is 0 Å². The van der Waals surface area contributed by atoms with Crippen LogP contribution in [-0.2, 0) is 11.2 Å². The molecular formula is C16H15F2NO. The van der Waals surface area contributed by atoms with E-state index in [0.29, 0.717) is 6.42 Å². The third-order valence-electron chi connectivity index (χ3n) is 2.91. The zero-order valence-electron chi connectivity index (χ0n) is 10.9. The Balaban J connectivity index is 1.82. The smallest absolute Gasteiger partial charge is 0.224 e. The van der Waals surface area contributed by atoms with Crippen molar-refractivity contribution >= 4 is 11.6 Å². The molecule has 1 amide bonds. The van der Waals surface area contributed by atoms with Crippen LogP contribution in [0.4, 0.5) is 14.5 Å². The van der Waals surface area contributed by atoms with Crippen molar-refractivity contribution in [2.24, 2.45) is 0 Å². The first kappa shape index (κ1) is 14.2. The standard InChI is InChI=1S/C16H15F2NO/c17-13-9-10-14(18)15(11-13)19-16(20)8-4-7-12-5-2-1-3-6-12/h1-3,5-6,9-11H,4,7-8H2,(H,19,20). The fraction of sp³-hybridized carbons (Fsp3) is 0.188. The van der Waals surface area contributed by atoms with Crippen LogP contribution >= 0.6 is 0 Å². The summed E-state index contributed by atoms with van der Waals surface area (Å²) in [6.07, 6.45) is 1.71. The lowest BCUT2D eigenvalue weighted by atomic mass is 10.1. The summed E-state index contributed by atoms with van der Waals surface area (Å²) >= 11 is 0. The Kier molecular flexibility index (Phi) is 4.82. The van der Waals surface area contributed by atoms with Crippen LogP contribution in [0.25, 0.3) is 0 Å². The molecular weight excluding hydrogens is 260 g/mol. The number of benzene rings is 2. The van der Waals surface area contributed by atoms with Gasteiger partial charge in [0.1, 0.15) is 11.6 Å². The van der Waals surface area contributed by atoms with Crippen molar-refractivity contribution in [1.29, 1.82) is 0 Å². The maximum Gasteiger partial charge on any atom is 0.224 e. The molecule has 2 aromatic carbocycles. The molecule has 0 aliphatic rings. The summed E-state index contributed by atoms with van der Waals surface area (Å²) in [6, 6.07) is 12.8. The summed E-state index contributed by atoms with van der Waals surface area (Å²) in [6.45, 7) is 0. The molecule has 0 saturated heterocycles. The zero-order valence-corrected chi connectivity index (χ0v) is 10.9. The summed E-state index contributed by atoms with van der Waals surface area (Å²) < 4.78 is 26.3. The van der Waals surface area contributed by atoms with Gasteiger partial charge in [0.15, 0.2) is 0 Å². The largest absolute Gasteiger partial charge is 0.324 e. The Bertz CT molecular complexity index is 584. The monoisotopic (exact) mass is 275 g/mol. The Morgan fingerprint density at radius 2 is 1.80 bits per heavy atom. The van der Waals surface area contributed by atoms with Crippen LogP contribution < -0.4 is 5.32 Å². The van der Waals surface area contributed by atoms with E-state index in [1.165, 1.54) is 0 Å². The minimum absolute atomic E-state index is 0.116. The average molecular weight is 275 g/mol. The second kappa shape index (κ2) is 6.80. The number of nitrogens with one attached hydrogen (secondary N) is 1. The lowest BCUT2D eigenvalue weighted by Gasteiger charge is -2.06. The number of amides is 1. The molecule has 2 nitrogen and oxygen atoms in total. The Morgan fingerprint density at radius 3 is 2.55 bits per heavy atom. The molecule has 1 N–H and O–H groups in total. The van der Waals surface area contributed by atoms with E-state index < -0.39 is 11.6 Å². The van der Waals surface area contributed by atoms with Crippen LogP contribution in [0.15, 0.2) is 48.5 Å². The van der Waals surface area contributed by atoms with E-state index in [1.807, 2.05) is 30.3 Å². The summed E-state index contributed by atoms with van der Waals surface area (Å²) in [5.74, 6) is -1.53. The fourth-order valence-electron chi connectivity index (χ4n) is 1.90. The molecule has 2 aromatic rings. The molecule has 0 aliphatic heterocycles. The van der Waals surface area contributed by atoms with E-state index in [2.05, 4.69) is 5.32 Å². The number of hydrogen-bond acceptors (Lipinski definition) is 1. The van der Waals surface area contributed by atoms with Gasteiger partial charge in [-0.2, -0.15) is 0 Å². The minimum Gasteiger partial charge on any atom is -0.324 e. The van der Waals surface area contributed by atoms with Gasteiger partial charge in [-0.25, -0.2) is 8.78 Å². The van der Waals surface area contributed by atoms with Gasteiger partial charge in [0.2, 0.25) is 5.91 Å². The SMILES string of the molecule is O=C(CCCc1ccccc1)Nc1cc(F)ccc1F. The highest BCUT2D eigenvalue weighted by Crippen LogP contribution is 2.16. The normalized spacial score (nSPS) is 10.3. The number of anilines is 1. The molecule has 20 heavy (non-hydrogen) atoms.